The molecule has 3 amide bonds. The van der Waals surface area contributed by atoms with Crippen LogP contribution in [0.3, 0.4) is 0 Å². The highest BCUT2D eigenvalue weighted by atomic mass is 19.4. The van der Waals surface area contributed by atoms with Crippen LogP contribution in [-0.4, -0.2) is 30.3 Å². The Morgan fingerprint density at radius 3 is 2.46 bits per heavy atom. The van der Waals surface area contributed by atoms with Gasteiger partial charge >= 0.3 is 12.1 Å². The van der Waals surface area contributed by atoms with E-state index in [9.17, 15) is 32.3 Å². The number of ether oxygens (including phenoxy) is 1. The number of hydrogen-bond donors (Lipinski definition) is 1. The quantitative estimate of drug-likeness (QED) is 0.389. The predicted octanol–water partition coefficient (Wildman–Crippen LogP) is 4.20. The Morgan fingerprint density at radius 2 is 1.80 bits per heavy atom. The Bertz CT molecular complexity index is 1210. The number of carbonyl (C=O) groups excluding carboxylic acids is 4. The standard InChI is InChI=1S/C25H21F3N2O5/c1-14-4-2-7-19-21(14)23(33)30(22(19)32)18-10-8-15(9-11-18)24(34)35-13-20(31)29-17-6-3-5-16(12-17)25(26,27)28/h2-6,8-12,14,19,21H,7,13H2,1H3,(H,29,31)/t14-,19-,21-/m1/s1. The van der Waals surface area contributed by atoms with Crippen molar-refractivity contribution in [3.8, 4) is 0 Å². The fourth-order valence-electron chi connectivity index (χ4n) is 4.33. The lowest BCUT2D eigenvalue weighted by Crippen LogP contribution is -2.31. The second-order valence-electron chi connectivity index (χ2n) is 8.42. The fraction of sp³-hybridized carbons (Fsp3) is 0.280. The van der Waals surface area contributed by atoms with Gasteiger partial charge < -0.3 is 10.1 Å². The number of carbonyl (C=O) groups is 4. The van der Waals surface area contributed by atoms with Gasteiger partial charge in [0.25, 0.3) is 5.91 Å². The molecular weight excluding hydrogens is 465 g/mol. The maximum Gasteiger partial charge on any atom is 0.416 e. The highest BCUT2D eigenvalue weighted by Crippen LogP contribution is 2.40. The van der Waals surface area contributed by atoms with Gasteiger partial charge in [0.1, 0.15) is 0 Å². The molecule has 10 heteroatoms. The largest absolute Gasteiger partial charge is 0.452 e. The molecule has 7 nitrogen and oxygen atoms in total. The van der Waals surface area contributed by atoms with E-state index >= 15 is 0 Å². The molecule has 2 aromatic carbocycles. The molecule has 2 aromatic rings. The average molecular weight is 486 g/mol. The summed E-state index contributed by atoms with van der Waals surface area (Å²) in [7, 11) is 0. The minimum Gasteiger partial charge on any atom is -0.452 e. The van der Waals surface area contributed by atoms with E-state index < -0.39 is 42.1 Å². The van der Waals surface area contributed by atoms with Gasteiger partial charge in [-0.25, -0.2) is 4.79 Å². The van der Waals surface area contributed by atoms with Crippen LogP contribution in [0.2, 0.25) is 0 Å². The lowest BCUT2D eigenvalue weighted by atomic mass is 9.78. The first-order chi connectivity index (χ1) is 16.6. The van der Waals surface area contributed by atoms with Crippen molar-refractivity contribution in [2.24, 2.45) is 17.8 Å². The summed E-state index contributed by atoms with van der Waals surface area (Å²) in [4.78, 5) is 51.1. The molecule has 0 aromatic heterocycles. The highest BCUT2D eigenvalue weighted by Gasteiger charge is 2.50. The third-order valence-corrected chi connectivity index (χ3v) is 6.04. The maximum absolute atomic E-state index is 12.9. The van der Waals surface area contributed by atoms with Crippen LogP contribution in [0.1, 0.15) is 29.3 Å². The second-order valence-corrected chi connectivity index (χ2v) is 8.42. The van der Waals surface area contributed by atoms with Crippen molar-refractivity contribution in [1.29, 1.82) is 0 Å². The number of allylic oxidation sites excluding steroid dienone is 2. The molecule has 0 saturated carbocycles. The van der Waals surface area contributed by atoms with Gasteiger partial charge in [0, 0.05) is 5.69 Å². The van der Waals surface area contributed by atoms with Gasteiger partial charge in [-0.2, -0.15) is 13.2 Å². The molecule has 1 heterocycles. The number of rotatable bonds is 5. The lowest BCUT2D eigenvalue weighted by molar-refractivity contribution is -0.137. The first-order valence-corrected chi connectivity index (χ1v) is 10.8. The average Bonchev–Trinajstić information content (AvgIpc) is 3.08. The second kappa shape index (κ2) is 9.36. The highest BCUT2D eigenvalue weighted by molar-refractivity contribution is 6.22. The number of nitrogens with one attached hydrogen (secondary N) is 1. The zero-order valence-electron chi connectivity index (χ0n) is 18.5. The number of fused-ring (bicyclic) bond motifs is 1. The number of alkyl halides is 3. The lowest BCUT2D eigenvalue weighted by Gasteiger charge is -2.22. The zero-order valence-corrected chi connectivity index (χ0v) is 18.5. The summed E-state index contributed by atoms with van der Waals surface area (Å²) in [6, 6.07) is 9.70. The van der Waals surface area contributed by atoms with Crippen LogP contribution >= 0.6 is 0 Å². The van der Waals surface area contributed by atoms with Crippen LogP contribution in [0.15, 0.2) is 60.7 Å². The van der Waals surface area contributed by atoms with Crippen LogP contribution in [0, 0.1) is 17.8 Å². The van der Waals surface area contributed by atoms with Gasteiger partial charge in [0.05, 0.1) is 28.7 Å². The molecular formula is C25H21F3N2O5. The Balaban J connectivity index is 1.35. The van der Waals surface area contributed by atoms with E-state index in [0.717, 1.165) is 23.1 Å². The normalized spacial score (nSPS) is 21.6. The molecule has 2 aliphatic rings. The number of halogens is 3. The minimum absolute atomic E-state index is 0.0495. The molecule has 1 saturated heterocycles. The van der Waals surface area contributed by atoms with E-state index in [0.29, 0.717) is 12.1 Å². The van der Waals surface area contributed by atoms with Gasteiger partial charge in [-0.05, 0) is 54.8 Å². The monoisotopic (exact) mass is 486 g/mol. The summed E-state index contributed by atoms with van der Waals surface area (Å²) in [6.07, 6.45) is -0.221. The van der Waals surface area contributed by atoms with Gasteiger partial charge in [-0.1, -0.05) is 25.1 Å². The van der Waals surface area contributed by atoms with Crippen LogP contribution in [0.25, 0.3) is 0 Å². The van der Waals surface area contributed by atoms with E-state index in [2.05, 4.69) is 5.32 Å². The maximum atomic E-state index is 12.9. The molecule has 0 radical (unpaired) electrons. The SMILES string of the molecule is C[C@@H]1C=CC[C@H]2C(=O)N(c3ccc(C(=O)OCC(=O)Nc4cccc(C(F)(F)F)c4)cc3)C(=O)[C@H]12. The number of nitrogens with zero attached hydrogens (tertiary/aromatic N) is 1. The molecule has 1 aliphatic carbocycles. The van der Waals surface area contributed by atoms with Crippen LogP contribution in [0.4, 0.5) is 24.5 Å². The first-order valence-electron chi connectivity index (χ1n) is 10.8. The Morgan fingerprint density at radius 1 is 1.09 bits per heavy atom. The molecule has 1 aliphatic heterocycles. The van der Waals surface area contributed by atoms with Gasteiger partial charge in [0.15, 0.2) is 6.61 Å². The summed E-state index contributed by atoms with van der Waals surface area (Å²) in [5.74, 6) is -3.08. The fourth-order valence-corrected chi connectivity index (χ4v) is 4.33. The van der Waals surface area contributed by atoms with Crippen molar-refractivity contribution in [1.82, 2.24) is 0 Å². The number of imide groups is 1. The predicted molar refractivity (Wildman–Crippen MR) is 119 cm³/mol. The van der Waals surface area contributed by atoms with E-state index in [1.807, 2.05) is 19.1 Å². The van der Waals surface area contributed by atoms with Crippen molar-refractivity contribution in [3.63, 3.8) is 0 Å². The van der Waals surface area contributed by atoms with Crippen molar-refractivity contribution in [2.75, 3.05) is 16.8 Å². The van der Waals surface area contributed by atoms with Gasteiger partial charge in [-0.15, -0.1) is 0 Å². The van der Waals surface area contributed by atoms with Crippen molar-refractivity contribution < 1.29 is 37.1 Å². The van der Waals surface area contributed by atoms with Gasteiger partial charge in [-0.3, -0.25) is 19.3 Å². The zero-order chi connectivity index (χ0) is 25.3. The van der Waals surface area contributed by atoms with Crippen molar-refractivity contribution in [2.45, 2.75) is 19.5 Å². The summed E-state index contributed by atoms with van der Waals surface area (Å²) < 4.78 is 43.3. The number of anilines is 2. The van der Waals surface area contributed by atoms with E-state index in [1.54, 1.807) is 0 Å². The number of amides is 3. The third kappa shape index (κ3) is 4.96. The topological polar surface area (TPSA) is 92.8 Å². The van der Waals surface area contributed by atoms with Crippen molar-refractivity contribution in [3.05, 3.63) is 71.8 Å². The molecule has 4 rings (SSSR count). The molecule has 1 fully saturated rings. The third-order valence-electron chi connectivity index (χ3n) is 6.04. The molecule has 35 heavy (non-hydrogen) atoms. The molecule has 182 valence electrons. The molecule has 0 spiro atoms. The molecule has 0 bridgehead atoms. The van der Waals surface area contributed by atoms with Crippen LogP contribution in [-0.2, 0) is 25.3 Å². The number of hydrogen-bond acceptors (Lipinski definition) is 5. The van der Waals surface area contributed by atoms with Crippen LogP contribution in [0.5, 0.6) is 0 Å². The Labute approximate surface area is 198 Å². The Hall–Kier alpha value is -3.95. The molecule has 3 atom stereocenters. The minimum atomic E-state index is -4.56. The van der Waals surface area contributed by atoms with Crippen LogP contribution < -0.4 is 10.2 Å². The smallest absolute Gasteiger partial charge is 0.416 e. The summed E-state index contributed by atoms with van der Waals surface area (Å²) in [6.45, 7) is 1.18. The summed E-state index contributed by atoms with van der Waals surface area (Å²) in [5.41, 5.74) is -0.602. The molecule has 1 N–H and O–H groups in total. The Kier molecular flexibility index (Phi) is 6.47. The summed E-state index contributed by atoms with van der Waals surface area (Å²) >= 11 is 0. The van der Waals surface area contributed by atoms with Gasteiger partial charge in [0.2, 0.25) is 11.8 Å². The van der Waals surface area contributed by atoms with E-state index in [-0.39, 0.29) is 29.0 Å². The summed E-state index contributed by atoms with van der Waals surface area (Å²) in [5, 5.41) is 2.24. The van der Waals surface area contributed by atoms with Crippen molar-refractivity contribution >= 4 is 35.1 Å². The molecule has 0 unspecified atom stereocenters. The number of esters is 1. The number of benzene rings is 2. The van der Waals surface area contributed by atoms with E-state index in [1.165, 1.54) is 30.3 Å². The van der Waals surface area contributed by atoms with E-state index in [4.69, 9.17) is 4.74 Å². The first kappa shape index (κ1) is 24.2.